The van der Waals surface area contributed by atoms with E-state index in [1.54, 1.807) is 0 Å². The van der Waals surface area contributed by atoms with Crippen molar-refractivity contribution in [3.63, 3.8) is 0 Å². The van der Waals surface area contributed by atoms with E-state index in [-0.39, 0.29) is 0 Å². The van der Waals surface area contributed by atoms with Gasteiger partial charge in [0.25, 0.3) is 0 Å². The minimum absolute atomic E-state index is 0.290. The standard InChI is InChI=1S/C11H17NO2/c1-4-10(13)12-9-6-5-7(2)11(14)8(9)3/h5-6,10,12-14H,4H2,1-3H3. The Kier molecular flexibility index (Phi) is 3.36. The minimum Gasteiger partial charge on any atom is -0.507 e. The van der Waals surface area contributed by atoms with E-state index in [4.69, 9.17) is 0 Å². The lowest BCUT2D eigenvalue weighted by molar-refractivity contribution is 0.199. The van der Waals surface area contributed by atoms with Gasteiger partial charge in [-0.05, 0) is 31.9 Å². The molecule has 0 aromatic heterocycles. The van der Waals surface area contributed by atoms with Crippen LogP contribution in [-0.4, -0.2) is 16.4 Å². The molecule has 0 bridgehead atoms. The fraction of sp³-hybridized carbons (Fsp3) is 0.455. The van der Waals surface area contributed by atoms with Crippen molar-refractivity contribution < 1.29 is 10.2 Å². The third-order valence-corrected chi connectivity index (χ3v) is 2.34. The van der Waals surface area contributed by atoms with Crippen molar-refractivity contribution in [2.75, 3.05) is 5.32 Å². The van der Waals surface area contributed by atoms with Crippen LogP contribution in [0.4, 0.5) is 5.69 Å². The third kappa shape index (κ3) is 2.17. The summed E-state index contributed by atoms with van der Waals surface area (Å²) in [7, 11) is 0. The Bertz CT molecular complexity index is 323. The van der Waals surface area contributed by atoms with Crippen LogP contribution in [0.5, 0.6) is 5.75 Å². The van der Waals surface area contributed by atoms with Gasteiger partial charge in [0.05, 0.1) is 0 Å². The van der Waals surface area contributed by atoms with E-state index in [0.29, 0.717) is 12.2 Å². The average Bonchev–Trinajstić information content (AvgIpc) is 2.19. The number of aromatic hydroxyl groups is 1. The first kappa shape index (κ1) is 10.9. The molecule has 0 fully saturated rings. The Morgan fingerprint density at radius 3 is 2.57 bits per heavy atom. The molecule has 14 heavy (non-hydrogen) atoms. The number of anilines is 1. The number of benzene rings is 1. The van der Waals surface area contributed by atoms with E-state index in [1.165, 1.54) is 0 Å². The van der Waals surface area contributed by atoms with Gasteiger partial charge in [-0.1, -0.05) is 13.0 Å². The quantitative estimate of drug-likeness (QED) is 0.648. The second-order valence-electron chi connectivity index (χ2n) is 3.47. The predicted octanol–water partition coefficient (Wildman–Crippen LogP) is 2.15. The van der Waals surface area contributed by atoms with Gasteiger partial charge in [0.1, 0.15) is 12.0 Å². The van der Waals surface area contributed by atoms with Crippen molar-refractivity contribution in [2.24, 2.45) is 0 Å². The van der Waals surface area contributed by atoms with Crippen LogP contribution < -0.4 is 5.32 Å². The molecule has 0 heterocycles. The Labute approximate surface area is 84.4 Å². The largest absolute Gasteiger partial charge is 0.507 e. The summed E-state index contributed by atoms with van der Waals surface area (Å²) >= 11 is 0. The highest BCUT2D eigenvalue weighted by molar-refractivity contribution is 5.59. The van der Waals surface area contributed by atoms with Gasteiger partial charge < -0.3 is 15.5 Å². The zero-order chi connectivity index (χ0) is 10.7. The van der Waals surface area contributed by atoms with E-state index in [1.807, 2.05) is 32.9 Å². The highest BCUT2D eigenvalue weighted by atomic mass is 16.3. The van der Waals surface area contributed by atoms with E-state index in [2.05, 4.69) is 5.32 Å². The lowest BCUT2D eigenvalue weighted by Crippen LogP contribution is -2.17. The normalized spacial score (nSPS) is 12.6. The number of aliphatic hydroxyl groups excluding tert-OH is 1. The molecule has 0 spiro atoms. The zero-order valence-electron chi connectivity index (χ0n) is 8.83. The number of hydrogen-bond acceptors (Lipinski definition) is 3. The van der Waals surface area contributed by atoms with E-state index >= 15 is 0 Å². The highest BCUT2D eigenvalue weighted by Gasteiger charge is 2.07. The second kappa shape index (κ2) is 4.33. The topological polar surface area (TPSA) is 52.5 Å². The molecule has 78 valence electrons. The SMILES string of the molecule is CCC(O)Nc1ccc(C)c(O)c1C. The molecule has 0 aliphatic heterocycles. The van der Waals surface area contributed by atoms with Gasteiger partial charge in [-0.25, -0.2) is 0 Å². The minimum atomic E-state index is -0.559. The molecule has 0 saturated heterocycles. The van der Waals surface area contributed by atoms with Gasteiger partial charge in [0.15, 0.2) is 0 Å². The maximum absolute atomic E-state index is 9.65. The number of aliphatic hydroxyl groups is 1. The molecule has 3 nitrogen and oxygen atoms in total. The summed E-state index contributed by atoms with van der Waals surface area (Å²) in [5, 5.41) is 22.0. The van der Waals surface area contributed by atoms with E-state index < -0.39 is 6.23 Å². The molecule has 0 amide bonds. The smallest absolute Gasteiger partial charge is 0.124 e. The Balaban J connectivity index is 2.94. The van der Waals surface area contributed by atoms with Gasteiger partial charge >= 0.3 is 0 Å². The Morgan fingerprint density at radius 2 is 2.00 bits per heavy atom. The first-order chi connectivity index (χ1) is 6.56. The van der Waals surface area contributed by atoms with E-state index in [0.717, 1.165) is 16.8 Å². The number of hydrogen-bond donors (Lipinski definition) is 3. The first-order valence-electron chi connectivity index (χ1n) is 4.80. The summed E-state index contributed by atoms with van der Waals surface area (Å²) in [4.78, 5) is 0. The van der Waals surface area contributed by atoms with Crippen molar-refractivity contribution in [3.05, 3.63) is 23.3 Å². The molecular formula is C11H17NO2. The van der Waals surface area contributed by atoms with Gasteiger partial charge in [-0.15, -0.1) is 0 Å². The fourth-order valence-corrected chi connectivity index (χ4v) is 1.27. The van der Waals surface area contributed by atoms with Crippen LogP contribution in [0.25, 0.3) is 0 Å². The van der Waals surface area contributed by atoms with Crippen LogP contribution in [0.2, 0.25) is 0 Å². The summed E-state index contributed by atoms with van der Waals surface area (Å²) in [5.41, 5.74) is 2.40. The average molecular weight is 195 g/mol. The molecule has 3 N–H and O–H groups in total. The van der Waals surface area contributed by atoms with Crippen LogP contribution in [0, 0.1) is 13.8 Å². The summed E-state index contributed by atoms with van der Waals surface area (Å²) in [6.45, 7) is 5.57. The Hall–Kier alpha value is -1.22. The van der Waals surface area contributed by atoms with Crippen molar-refractivity contribution in [1.29, 1.82) is 0 Å². The lowest BCUT2D eigenvalue weighted by atomic mass is 10.1. The van der Waals surface area contributed by atoms with E-state index in [9.17, 15) is 10.2 Å². The van der Waals surface area contributed by atoms with Gasteiger partial charge in [-0.2, -0.15) is 0 Å². The summed E-state index contributed by atoms with van der Waals surface area (Å²) in [6, 6.07) is 3.69. The highest BCUT2D eigenvalue weighted by Crippen LogP contribution is 2.28. The molecule has 1 rings (SSSR count). The van der Waals surface area contributed by atoms with Crippen LogP contribution >= 0.6 is 0 Å². The van der Waals surface area contributed by atoms with Gasteiger partial charge in [0.2, 0.25) is 0 Å². The molecule has 0 aliphatic rings. The molecule has 0 saturated carbocycles. The summed E-state index contributed by atoms with van der Waals surface area (Å²) < 4.78 is 0. The molecule has 0 radical (unpaired) electrons. The van der Waals surface area contributed by atoms with Gasteiger partial charge in [-0.3, -0.25) is 0 Å². The second-order valence-corrected chi connectivity index (χ2v) is 3.47. The summed E-state index contributed by atoms with van der Waals surface area (Å²) in [6.07, 6.45) is 0.0736. The Morgan fingerprint density at radius 1 is 1.36 bits per heavy atom. The number of nitrogens with one attached hydrogen (secondary N) is 1. The predicted molar refractivity (Wildman–Crippen MR) is 57.5 cm³/mol. The molecule has 0 aliphatic carbocycles. The third-order valence-electron chi connectivity index (χ3n) is 2.34. The maximum Gasteiger partial charge on any atom is 0.124 e. The lowest BCUT2D eigenvalue weighted by Gasteiger charge is -2.15. The summed E-state index contributed by atoms with van der Waals surface area (Å²) in [5.74, 6) is 0.290. The number of phenolic OH excluding ortho intramolecular Hbond substituents is 1. The van der Waals surface area contributed by atoms with Gasteiger partial charge in [0, 0.05) is 11.3 Å². The molecule has 3 heteroatoms. The molecule has 1 unspecified atom stereocenters. The van der Waals surface area contributed by atoms with Crippen molar-refractivity contribution in [1.82, 2.24) is 0 Å². The number of phenols is 1. The van der Waals surface area contributed by atoms with Crippen molar-refractivity contribution in [3.8, 4) is 5.75 Å². The fourth-order valence-electron chi connectivity index (χ4n) is 1.27. The van der Waals surface area contributed by atoms with Crippen molar-refractivity contribution in [2.45, 2.75) is 33.4 Å². The number of rotatable bonds is 3. The molecule has 1 aromatic rings. The monoisotopic (exact) mass is 195 g/mol. The van der Waals surface area contributed by atoms with Crippen molar-refractivity contribution >= 4 is 5.69 Å². The molecular weight excluding hydrogens is 178 g/mol. The van der Waals surface area contributed by atoms with Crippen LogP contribution in [0.3, 0.4) is 0 Å². The zero-order valence-corrected chi connectivity index (χ0v) is 8.83. The maximum atomic E-state index is 9.65. The van der Waals surface area contributed by atoms with Crippen LogP contribution in [-0.2, 0) is 0 Å². The van der Waals surface area contributed by atoms with Crippen LogP contribution in [0.15, 0.2) is 12.1 Å². The molecule has 1 aromatic carbocycles. The van der Waals surface area contributed by atoms with Crippen LogP contribution in [0.1, 0.15) is 24.5 Å². The first-order valence-corrected chi connectivity index (χ1v) is 4.80. The molecule has 1 atom stereocenters. The number of aryl methyl sites for hydroxylation is 1.